The predicted molar refractivity (Wildman–Crippen MR) is 133 cm³/mol. The second-order valence-corrected chi connectivity index (χ2v) is 10.2. The highest BCUT2D eigenvalue weighted by molar-refractivity contribution is 7.20. The van der Waals surface area contributed by atoms with Gasteiger partial charge in [0.25, 0.3) is 0 Å². The van der Waals surface area contributed by atoms with Gasteiger partial charge in [0, 0.05) is 24.7 Å². The van der Waals surface area contributed by atoms with Crippen molar-refractivity contribution in [3.8, 4) is 10.4 Å². The Balaban J connectivity index is 1.59. The highest BCUT2D eigenvalue weighted by atomic mass is 32.1. The molecule has 3 aromatic rings. The number of rotatable bonds is 6. The first-order valence-corrected chi connectivity index (χ1v) is 12.6. The SMILES string of the molecule is COC(=O)c1c(N2CCC(C(N)=O)C2)sc(-c2ccc3c(c2)ncn3C2CCCCC2)c1[N+](=O)[O-]. The molecule has 2 aliphatic rings. The van der Waals surface area contributed by atoms with Crippen LogP contribution < -0.4 is 10.6 Å². The lowest BCUT2D eigenvalue weighted by molar-refractivity contribution is -0.384. The Bertz CT molecular complexity index is 1310. The zero-order chi connectivity index (χ0) is 24.7. The van der Waals surface area contributed by atoms with Gasteiger partial charge in [-0.3, -0.25) is 14.9 Å². The zero-order valence-electron chi connectivity index (χ0n) is 19.4. The number of fused-ring (bicyclic) bond motifs is 1. The highest BCUT2D eigenvalue weighted by Crippen LogP contribution is 2.48. The molecule has 3 heterocycles. The molecule has 184 valence electrons. The van der Waals surface area contributed by atoms with Crippen LogP contribution in [0.2, 0.25) is 0 Å². The maximum Gasteiger partial charge on any atom is 0.347 e. The fourth-order valence-electron chi connectivity index (χ4n) is 5.29. The van der Waals surface area contributed by atoms with Crippen molar-refractivity contribution < 1.29 is 19.2 Å². The summed E-state index contributed by atoms with van der Waals surface area (Å²) in [5.41, 5.74) is 7.47. The van der Waals surface area contributed by atoms with E-state index >= 15 is 0 Å². The number of imidazole rings is 1. The number of carbonyl (C=O) groups excluding carboxylic acids is 2. The van der Waals surface area contributed by atoms with E-state index in [0.29, 0.717) is 41.0 Å². The third-order valence-corrected chi connectivity index (χ3v) is 8.41. The Labute approximate surface area is 205 Å². The van der Waals surface area contributed by atoms with Crippen LogP contribution in [0.1, 0.15) is 54.9 Å². The van der Waals surface area contributed by atoms with E-state index in [1.807, 2.05) is 29.4 Å². The molecule has 1 aromatic carbocycles. The van der Waals surface area contributed by atoms with Crippen molar-refractivity contribution in [2.45, 2.75) is 44.6 Å². The smallest absolute Gasteiger partial charge is 0.347 e. The number of benzene rings is 1. The van der Waals surface area contributed by atoms with E-state index in [-0.39, 0.29) is 17.2 Å². The number of ether oxygens (including phenoxy) is 1. The maximum absolute atomic E-state index is 12.7. The number of carbonyl (C=O) groups is 2. The number of thiophene rings is 1. The molecule has 10 nitrogen and oxygen atoms in total. The molecule has 35 heavy (non-hydrogen) atoms. The molecule has 2 aromatic heterocycles. The van der Waals surface area contributed by atoms with E-state index in [4.69, 9.17) is 10.5 Å². The monoisotopic (exact) mass is 497 g/mol. The first-order valence-electron chi connectivity index (χ1n) is 11.8. The standard InChI is InChI=1S/C24H27N5O5S/c1-34-24(31)19-20(29(32)33)21(35-23(19)27-10-9-15(12-27)22(25)30)14-7-8-18-17(11-14)26-13-28(18)16-5-3-2-4-6-16/h7-8,11,13,15-16H,2-6,9-10,12H2,1H3,(H2,25,30). The molecule has 0 radical (unpaired) electrons. The Morgan fingerprint density at radius 2 is 2.00 bits per heavy atom. The van der Waals surface area contributed by atoms with Gasteiger partial charge in [-0.15, -0.1) is 11.3 Å². The molecular weight excluding hydrogens is 470 g/mol. The molecule has 2 N–H and O–H groups in total. The summed E-state index contributed by atoms with van der Waals surface area (Å²) in [6, 6.07) is 6.06. The maximum atomic E-state index is 12.7. The topological polar surface area (TPSA) is 134 Å². The lowest BCUT2D eigenvalue weighted by atomic mass is 9.95. The average molecular weight is 498 g/mol. The number of methoxy groups -OCH3 is 1. The summed E-state index contributed by atoms with van der Waals surface area (Å²) in [6.07, 6.45) is 8.30. The molecule has 1 aliphatic carbocycles. The molecule has 1 atom stereocenters. The van der Waals surface area contributed by atoms with E-state index in [1.54, 1.807) is 0 Å². The second-order valence-electron chi connectivity index (χ2n) is 9.19. The Kier molecular flexibility index (Phi) is 6.18. The predicted octanol–water partition coefficient (Wildman–Crippen LogP) is 4.28. The van der Waals surface area contributed by atoms with Crippen LogP contribution >= 0.6 is 11.3 Å². The van der Waals surface area contributed by atoms with Gasteiger partial charge in [-0.1, -0.05) is 25.3 Å². The first kappa shape index (κ1) is 23.3. The fourth-order valence-corrected chi connectivity index (χ4v) is 6.58. The zero-order valence-corrected chi connectivity index (χ0v) is 20.3. The van der Waals surface area contributed by atoms with Gasteiger partial charge in [-0.25, -0.2) is 9.78 Å². The second kappa shape index (κ2) is 9.29. The normalized spacial score (nSPS) is 18.8. The number of esters is 1. The summed E-state index contributed by atoms with van der Waals surface area (Å²) in [5.74, 6) is -1.57. The summed E-state index contributed by atoms with van der Waals surface area (Å²) in [4.78, 5) is 42.8. The fraction of sp³-hybridized carbons (Fsp3) is 0.458. The summed E-state index contributed by atoms with van der Waals surface area (Å²) in [5, 5.41) is 12.6. The van der Waals surface area contributed by atoms with Gasteiger partial charge in [0.05, 0.1) is 35.3 Å². The molecule has 1 saturated heterocycles. The van der Waals surface area contributed by atoms with Crippen LogP contribution in [0.3, 0.4) is 0 Å². The van der Waals surface area contributed by atoms with Crippen molar-refractivity contribution in [2.75, 3.05) is 25.1 Å². The molecule has 0 bridgehead atoms. The molecule has 5 rings (SSSR count). The number of nitrogens with zero attached hydrogens (tertiary/aromatic N) is 4. The summed E-state index contributed by atoms with van der Waals surface area (Å²) in [7, 11) is 1.20. The van der Waals surface area contributed by atoms with Gasteiger partial charge >= 0.3 is 11.7 Å². The highest BCUT2D eigenvalue weighted by Gasteiger charge is 2.38. The number of nitro groups is 1. The number of hydrogen-bond donors (Lipinski definition) is 1. The van der Waals surface area contributed by atoms with E-state index in [9.17, 15) is 19.7 Å². The minimum Gasteiger partial charge on any atom is -0.465 e. The molecule has 1 saturated carbocycles. The van der Waals surface area contributed by atoms with Gasteiger partial charge in [-0.05, 0) is 31.4 Å². The molecule has 1 aliphatic heterocycles. The molecular formula is C24H27N5O5S. The number of anilines is 1. The Hall–Kier alpha value is -3.47. The van der Waals surface area contributed by atoms with Crippen molar-refractivity contribution in [2.24, 2.45) is 11.7 Å². The van der Waals surface area contributed by atoms with Gasteiger partial charge in [0.1, 0.15) is 9.88 Å². The van der Waals surface area contributed by atoms with Crippen LogP contribution in [0.5, 0.6) is 0 Å². The van der Waals surface area contributed by atoms with Crippen molar-refractivity contribution in [3.05, 3.63) is 40.2 Å². The molecule has 0 spiro atoms. The van der Waals surface area contributed by atoms with Crippen molar-refractivity contribution >= 4 is 44.9 Å². The van der Waals surface area contributed by atoms with Gasteiger partial charge in [-0.2, -0.15) is 0 Å². The van der Waals surface area contributed by atoms with Crippen LogP contribution in [0.4, 0.5) is 10.7 Å². The van der Waals surface area contributed by atoms with Crippen molar-refractivity contribution in [1.29, 1.82) is 0 Å². The minimum atomic E-state index is -0.778. The molecule has 1 unspecified atom stereocenters. The largest absolute Gasteiger partial charge is 0.465 e. The quantitative estimate of drug-likeness (QED) is 0.305. The van der Waals surface area contributed by atoms with E-state index in [2.05, 4.69) is 9.55 Å². The third kappa shape index (κ3) is 4.13. The molecule has 2 fully saturated rings. The summed E-state index contributed by atoms with van der Waals surface area (Å²) in [6.45, 7) is 0.779. The van der Waals surface area contributed by atoms with Crippen molar-refractivity contribution in [3.63, 3.8) is 0 Å². The van der Waals surface area contributed by atoms with Crippen LogP contribution in [-0.2, 0) is 9.53 Å². The van der Waals surface area contributed by atoms with Crippen LogP contribution in [0.15, 0.2) is 24.5 Å². The van der Waals surface area contributed by atoms with Crippen molar-refractivity contribution in [1.82, 2.24) is 9.55 Å². The first-order chi connectivity index (χ1) is 16.9. The number of nitrogens with two attached hydrogens (primary N) is 1. The van der Waals surface area contributed by atoms with Gasteiger partial charge in [0.15, 0.2) is 5.56 Å². The van der Waals surface area contributed by atoms with Crippen LogP contribution in [0.25, 0.3) is 21.5 Å². The van der Waals surface area contributed by atoms with Gasteiger partial charge in [0.2, 0.25) is 5.91 Å². The number of primary amides is 1. The van der Waals surface area contributed by atoms with Crippen LogP contribution in [0, 0.1) is 16.0 Å². The van der Waals surface area contributed by atoms with Crippen LogP contribution in [-0.4, -0.2) is 46.6 Å². The third-order valence-electron chi connectivity index (χ3n) is 7.12. The van der Waals surface area contributed by atoms with E-state index in [0.717, 1.165) is 35.2 Å². The van der Waals surface area contributed by atoms with E-state index < -0.39 is 16.8 Å². The minimum absolute atomic E-state index is 0.0875. The summed E-state index contributed by atoms with van der Waals surface area (Å²) >= 11 is 1.16. The number of hydrogen-bond acceptors (Lipinski definition) is 8. The van der Waals surface area contributed by atoms with E-state index in [1.165, 1.54) is 26.4 Å². The molecule has 1 amide bonds. The van der Waals surface area contributed by atoms with Gasteiger partial charge < -0.3 is 19.9 Å². The lowest BCUT2D eigenvalue weighted by Crippen LogP contribution is -2.27. The summed E-state index contributed by atoms with van der Waals surface area (Å²) < 4.78 is 7.13. The average Bonchev–Trinajstić information content (AvgIpc) is 3.60. The lowest BCUT2D eigenvalue weighted by Gasteiger charge is -2.23. The number of amides is 1. The number of aromatic nitrogens is 2. The Morgan fingerprint density at radius 3 is 2.66 bits per heavy atom. The Morgan fingerprint density at radius 1 is 1.23 bits per heavy atom. The molecule has 11 heteroatoms.